The second-order valence-electron chi connectivity index (χ2n) is 20.3. The van der Waals surface area contributed by atoms with Crippen molar-refractivity contribution in [1.29, 1.82) is 10.5 Å². The lowest BCUT2D eigenvalue weighted by Gasteiger charge is -2.19. The van der Waals surface area contributed by atoms with Crippen LogP contribution in [0, 0.1) is 49.3 Å². The maximum absolute atomic E-state index is 14.6. The molecular formula is C73H40F3N7. The Bertz CT molecular complexity index is 4890. The summed E-state index contributed by atoms with van der Waals surface area (Å²) in [5.74, 6) is 0. The third kappa shape index (κ3) is 8.68. The van der Waals surface area contributed by atoms with Crippen LogP contribution in [0.15, 0.2) is 224 Å². The van der Waals surface area contributed by atoms with E-state index in [-0.39, 0.29) is 0 Å². The highest BCUT2D eigenvalue weighted by atomic mass is 19.4. The first-order valence-electron chi connectivity index (χ1n) is 26.4. The van der Waals surface area contributed by atoms with Crippen LogP contribution in [0.5, 0.6) is 0 Å². The molecule has 0 unspecified atom stereocenters. The molecule has 0 radical (unpaired) electrons. The molecule has 0 spiro atoms. The first-order valence-corrected chi connectivity index (χ1v) is 26.4. The van der Waals surface area contributed by atoms with E-state index in [2.05, 4.69) is 60.1 Å². The van der Waals surface area contributed by atoms with Crippen LogP contribution < -0.4 is 0 Å². The molecule has 2 aromatic heterocycles. The molecule has 0 fully saturated rings. The van der Waals surface area contributed by atoms with Crippen molar-refractivity contribution in [3.8, 4) is 90.3 Å². The number of hydrogen-bond acceptors (Lipinski definition) is 2. The zero-order chi connectivity index (χ0) is 57.1. The number of hydrogen-bond donors (Lipinski definition) is 0. The van der Waals surface area contributed by atoms with E-state index in [4.69, 9.17) is 19.7 Å². The topological polar surface area (TPSA) is 70.5 Å². The summed E-state index contributed by atoms with van der Waals surface area (Å²) >= 11 is 0. The van der Waals surface area contributed by atoms with E-state index in [1.807, 2.05) is 152 Å². The van der Waals surface area contributed by atoms with Crippen molar-refractivity contribution < 1.29 is 13.2 Å². The predicted molar refractivity (Wildman–Crippen MR) is 326 cm³/mol. The fourth-order valence-corrected chi connectivity index (χ4v) is 11.8. The Kier molecular flexibility index (Phi) is 12.3. The van der Waals surface area contributed by atoms with Crippen molar-refractivity contribution in [3.05, 3.63) is 281 Å². The van der Waals surface area contributed by atoms with Crippen LogP contribution >= 0.6 is 0 Å². The molecule has 13 aromatic rings. The number of fused-ring (bicyclic) bond motifs is 6. The number of aromatic nitrogens is 2. The normalized spacial score (nSPS) is 11.3. The fraction of sp³-hybridized carbons (Fsp3) is 0.0274. The van der Waals surface area contributed by atoms with E-state index >= 15 is 0 Å². The summed E-state index contributed by atoms with van der Waals surface area (Å²) in [6, 6.07) is 74.1. The number of nitriles is 2. The number of para-hydroxylation sites is 2. The summed E-state index contributed by atoms with van der Waals surface area (Å²) in [6.45, 7) is 26.4. The number of rotatable bonds is 8. The van der Waals surface area contributed by atoms with Crippen LogP contribution in [-0.4, -0.2) is 9.13 Å². The van der Waals surface area contributed by atoms with Crippen molar-refractivity contribution in [2.24, 2.45) is 0 Å². The van der Waals surface area contributed by atoms with Crippen molar-refractivity contribution >= 4 is 60.7 Å². The van der Waals surface area contributed by atoms with E-state index < -0.39 is 11.7 Å². The van der Waals surface area contributed by atoms with Crippen LogP contribution in [0.3, 0.4) is 0 Å². The Labute approximate surface area is 475 Å². The molecule has 0 atom stereocenters. The Balaban J connectivity index is 1.10. The number of aryl methyl sites for hydroxylation is 1. The van der Waals surface area contributed by atoms with Gasteiger partial charge in [0, 0.05) is 27.2 Å². The van der Waals surface area contributed by atoms with Gasteiger partial charge in [0.2, 0.25) is 0 Å². The summed E-state index contributed by atoms with van der Waals surface area (Å²) in [5, 5.41) is 23.9. The van der Waals surface area contributed by atoms with Crippen LogP contribution in [0.4, 0.5) is 30.2 Å². The molecule has 0 aliphatic rings. The molecular weight excluding hydrogens is 1030 g/mol. The Morgan fingerprint density at radius 2 is 0.795 bits per heavy atom. The zero-order valence-electron chi connectivity index (χ0n) is 44.1. The lowest BCUT2D eigenvalue weighted by atomic mass is 9.94. The number of benzene rings is 11. The summed E-state index contributed by atoms with van der Waals surface area (Å²) < 4.78 is 48.1. The Morgan fingerprint density at radius 3 is 1.27 bits per heavy atom. The highest BCUT2D eigenvalue weighted by Gasteiger charge is 2.31. The molecule has 13 rings (SSSR count). The number of nitrogens with zero attached hydrogens (tertiary/aromatic N) is 7. The lowest BCUT2D eigenvalue weighted by molar-refractivity contribution is -0.137. The second kappa shape index (κ2) is 20.2. The van der Waals surface area contributed by atoms with Gasteiger partial charge in [0.05, 0.1) is 76.3 Å². The minimum absolute atomic E-state index is 0.302. The van der Waals surface area contributed by atoms with E-state index in [1.165, 1.54) is 0 Å². The van der Waals surface area contributed by atoms with Gasteiger partial charge < -0.3 is 9.13 Å². The van der Waals surface area contributed by atoms with Crippen molar-refractivity contribution in [3.63, 3.8) is 0 Å². The van der Waals surface area contributed by atoms with Gasteiger partial charge in [-0.1, -0.05) is 127 Å². The van der Waals surface area contributed by atoms with Crippen LogP contribution in [0.1, 0.15) is 22.3 Å². The fourth-order valence-electron chi connectivity index (χ4n) is 11.8. The van der Waals surface area contributed by atoms with Gasteiger partial charge >= 0.3 is 6.18 Å². The van der Waals surface area contributed by atoms with E-state index in [0.717, 1.165) is 100 Å². The molecule has 2 heterocycles. The summed E-state index contributed by atoms with van der Waals surface area (Å²) in [5.41, 5.74) is 14.9. The van der Waals surface area contributed by atoms with Gasteiger partial charge in [0.1, 0.15) is 0 Å². The molecule has 0 N–H and O–H groups in total. The van der Waals surface area contributed by atoms with Gasteiger partial charge in [-0.25, -0.2) is 14.5 Å². The first kappa shape index (κ1) is 50.7. The zero-order valence-corrected chi connectivity index (χ0v) is 44.1. The van der Waals surface area contributed by atoms with Crippen molar-refractivity contribution in [2.45, 2.75) is 13.1 Å². The van der Waals surface area contributed by atoms with Crippen LogP contribution in [-0.2, 0) is 6.18 Å². The third-order valence-corrected chi connectivity index (χ3v) is 15.5. The molecule has 0 aliphatic carbocycles. The second-order valence-corrected chi connectivity index (χ2v) is 20.3. The SMILES string of the molecule is [C-]#[N+]c1ccccc1-c1ccc2c(c1)c1cc(-c3ccccc3C#N)ccc1n2-c1ccc([N+]#[C-])c(-c2cc(-c3cc(C)cc(C(F)(F)F)c3)ccc2-n2c3ccc(-c4ccccc4C#N)cc3c3cc(-c4ccccc4[N+]#[C-])ccc32)c1. The summed E-state index contributed by atoms with van der Waals surface area (Å²) in [4.78, 5) is 11.8. The van der Waals surface area contributed by atoms with E-state index in [9.17, 15) is 23.7 Å². The van der Waals surface area contributed by atoms with E-state index in [0.29, 0.717) is 67.4 Å². The highest BCUT2D eigenvalue weighted by Crippen LogP contribution is 2.47. The number of halogens is 3. The van der Waals surface area contributed by atoms with Gasteiger partial charge in [0.25, 0.3) is 0 Å². The van der Waals surface area contributed by atoms with Crippen LogP contribution in [0.25, 0.3) is 136 Å². The molecule has 0 saturated carbocycles. The summed E-state index contributed by atoms with van der Waals surface area (Å²) in [6.07, 6.45) is -4.61. The molecule has 388 valence electrons. The monoisotopic (exact) mass is 1070 g/mol. The maximum Gasteiger partial charge on any atom is 0.416 e. The molecule has 83 heavy (non-hydrogen) atoms. The molecule has 0 saturated heterocycles. The molecule has 7 nitrogen and oxygen atoms in total. The highest BCUT2D eigenvalue weighted by molar-refractivity contribution is 6.14. The smallest absolute Gasteiger partial charge is 0.309 e. The van der Waals surface area contributed by atoms with Gasteiger partial charge in [0.15, 0.2) is 17.1 Å². The third-order valence-electron chi connectivity index (χ3n) is 15.5. The largest absolute Gasteiger partial charge is 0.416 e. The van der Waals surface area contributed by atoms with Gasteiger partial charge in [-0.05, 0) is 176 Å². The Hall–Kier alpha value is -11.7. The van der Waals surface area contributed by atoms with Gasteiger partial charge in [-0.3, -0.25) is 0 Å². The molecule has 10 heteroatoms. The lowest BCUT2D eigenvalue weighted by Crippen LogP contribution is -2.05. The van der Waals surface area contributed by atoms with Crippen molar-refractivity contribution in [2.75, 3.05) is 0 Å². The standard InChI is InChI=1S/C73H40F3N7/c1-44-33-52(35-53(34-44)73(74,75)76)45-21-28-70(83-71-31-23-47(56-16-8-6-14-51(56)43-78)38-63(71)64-40-49(25-32-72(64)83)58-18-10-12-20-66(58)80-3)60(36-45)59-41-54(26-27-67(59)81-4)82-68-29-22-46(55-15-7-5-13-50(55)42-77)37-61(68)62-39-48(24-30-69(62)82)57-17-9-11-19-65(57)79-2/h5-41H,1H3. The molecule has 0 bridgehead atoms. The first-order chi connectivity index (χ1) is 40.5. The minimum atomic E-state index is -4.61. The molecule has 0 aliphatic heterocycles. The quantitative estimate of drug-likeness (QED) is 0.142. The van der Waals surface area contributed by atoms with E-state index in [1.54, 1.807) is 43.3 Å². The maximum atomic E-state index is 14.6. The van der Waals surface area contributed by atoms with Crippen molar-refractivity contribution in [1.82, 2.24) is 9.13 Å². The van der Waals surface area contributed by atoms with Crippen LogP contribution in [0.2, 0.25) is 0 Å². The Morgan fingerprint density at radius 1 is 0.373 bits per heavy atom. The minimum Gasteiger partial charge on any atom is -0.309 e. The number of alkyl halides is 3. The average molecular weight is 1070 g/mol. The predicted octanol–water partition coefficient (Wildman–Crippen LogP) is 20.6. The summed E-state index contributed by atoms with van der Waals surface area (Å²) in [7, 11) is 0. The average Bonchev–Trinajstić information content (AvgIpc) is 3.61. The van der Waals surface area contributed by atoms with Gasteiger partial charge in [-0.2, -0.15) is 23.7 Å². The molecule has 11 aromatic carbocycles. The van der Waals surface area contributed by atoms with Gasteiger partial charge in [-0.15, -0.1) is 0 Å². The molecule has 0 amide bonds.